The zero-order chi connectivity index (χ0) is 20.3. The van der Waals surface area contributed by atoms with Crippen LogP contribution in [0.25, 0.3) is 0 Å². The second kappa shape index (κ2) is 7.05. The minimum absolute atomic E-state index is 0.219. The Kier molecular flexibility index (Phi) is 4.86. The van der Waals surface area contributed by atoms with Gasteiger partial charge in [0.25, 0.3) is 0 Å². The Balaban J connectivity index is 1.41. The monoisotopic (exact) mass is 410 g/mol. The fourth-order valence-electron chi connectivity index (χ4n) is 7.80. The first kappa shape index (κ1) is 20.0. The van der Waals surface area contributed by atoms with Crippen molar-refractivity contribution in [1.29, 1.82) is 0 Å². The zero-order valence-electron chi connectivity index (χ0n) is 18.3. The van der Waals surface area contributed by atoms with E-state index in [1.54, 1.807) is 5.56 Å². The number of nitrogens with one attached hydrogen (secondary N) is 1. The first-order valence-electron chi connectivity index (χ1n) is 11.9. The number of thiocarbonyl (C=S) groups is 1. The molecular formula is C26H38N2S. The van der Waals surface area contributed by atoms with Gasteiger partial charge in [-0.25, -0.2) is 0 Å². The van der Waals surface area contributed by atoms with E-state index in [-0.39, 0.29) is 5.41 Å². The summed E-state index contributed by atoms with van der Waals surface area (Å²) in [7, 11) is 0. The lowest BCUT2D eigenvalue weighted by Gasteiger charge is -2.68. The van der Waals surface area contributed by atoms with Crippen molar-refractivity contribution in [3.05, 3.63) is 35.9 Å². The van der Waals surface area contributed by atoms with Crippen LogP contribution in [-0.2, 0) is 5.41 Å². The van der Waals surface area contributed by atoms with Crippen LogP contribution in [0.3, 0.4) is 0 Å². The molecule has 2 nitrogen and oxygen atoms in total. The van der Waals surface area contributed by atoms with Crippen LogP contribution in [0.15, 0.2) is 30.3 Å². The molecule has 3 N–H and O–H groups in total. The van der Waals surface area contributed by atoms with Crippen molar-refractivity contribution in [2.75, 3.05) is 6.54 Å². The fraction of sp³-hybridized carbons (Fsp3) is 0.731. The fourth-order valence-corrected chi connectivity index (χ4v) is 8.20. The molecule has 0 radical (unpaired) electrons. The molecule has 5 fully saturated rings. The average molecular weight is 411 g/mol. The van der Waals surface area contributed by atoms with E-state index in [0.717, 1.165) is 24.3 Å². The van der Waals surface area contributed by atoms with Crippen LogP contribution >= 0.6 is 12.2 Å². The second-order valence-electron chi connectivity index (χ2n) is 11.6. The highest BCUT2D eigenvalue weighted by Gasteiger charge is 2.65. The maximum atomic E-state index is 6.22. The van der Waals surface area contributed by atoms with E-state index in [0.29, 0.717) is 16.9 Å². The van der Waals surface area contributed by atoms with Gasteiger partial charge in [-0.1, -0.05) is 56.4 Å². The van der Waals surface area contributed by atoms with E-state index in [4.69, 9.17) is 18.0 Å². The van der Waals surface area contributed by atoms with Gasteiger partial charge in [0.15, 0.2) is 0 Å². The molecule has 0 amide bonds. The highest BCUT2D eigenvalue weighted by molar-refractivity contribution is 7.80. The van der Waals surface area contributed by atoms with Gasteiger partial charge in [-0.15, -0.1) is 0 Å². The lowest BCUT2D eigenvalue weighted by Crippen LogP contribution is -2.64. The molecule has 0 saturated heterocycles. The normalized spacial score (nSPS) is 42.6. The third-order valence-electron chi connectivity index (χ3n) is 9.71. The van der Waals surface area contributed by atoms with Crippen LogP contribution in [0.4, 0.5) is 0 Å². The predicted molar refractivity (Wildman–Crippen MR) is 125 cm³/mol. The lowest BCUT2D eigenvalue weighted by atomic mass is 9.37. The highest BCUT2D eigenvalue weighted by atomic mass is 32.1. The smallest absolute Gasteiger partial charge is 0.0818 e. The van der Waals surface area contributed by atoms with E-state index in [2.05, 4.69) is 49.5 Å². The minimum atomic E-state index is 0.219. The number of hydrogen-bond donors (Lipinski definition) is 2. The van der Waals surface area contributed by atoms with Crippen molar-refractivity contribution in [1.82, 2.24) is 5.32 Å². The zero-order valence-corrected chi connectivity index (χ0v) is 19.1. The van der Waals surface area contributed by atoms with Crippen molar-refractivity contribution in [3.8, 4) is 0 Å². The molecule has 0 heterocycles. The second-order valence-corrected chi connectivity index (χ2v) is 12.0. The summed E-state index contributed by atoms with van der Waals surface area (Å²) in [6.45, 7) is 5.92. The molecule has 29 heavy (non-hydrogen) atoms. The van der Waals surface area contributed by atoms with Crippen LogP contribution in [0.5, 0.6) is 0 Å². The van der Waals surface area contributed by atoms with E-state index in [1.165, 1.54) is 62.8 Å². The minimum Gasteiger partial charge on any atom is -0.376 e. The molecular weight excluding hydrogens is 372 g/mol. The van der Waals surface area contributed by atoms with Crippen molar-refractivity contribution in [2.24, 2.45) is 34.3 Å². The Morgan fingerprint density at radius 3 is 2.21 bits per heavy atom. The van der Waals surface area contributed by atoms with Crippen LogP contribution in [0.1, 0.15) is 77.2 Å². The maximum absolute atomic E-state index is 6.22. The summed E-state index contributed by atoms with van der Waals surface area (Å²) in [5.41, 5.74) is 8.49. The van der Waals surface area contributed by atoms with E-state index in [1.807, 2.05) is 0 Å². The predicted octanol–water partition coefficient (Wildman–Crippen LogP) is 5.60. The highest BCUT2D eigenvalue weighted by Crippen LogP contribution is 2.71. The van der Waals surface area contributed by atoms with Gasteiger partial charge in [-0.05, 0) is 98.5 Å². The van der Waals surface area contributed by atoms with Crippen LogP contribution in [0.2, 0.25) is 0 Å². The van der Waals surface area contributed by atoms with Crippen LogP contribution in [0, 0.1) is 28.6 Å². The summed E-state index contributed by atoms with van der Waals surface area (Å²) in [6.07, 6.45) is 11.6. The summed E-state index contributed by atoms with van der Waals surface area (Å²) < 4.78 is 0. The van der Waals surface area contributed by atoms with Gasteiger partial charge in [-0.3, -0.25) is 0 Å². The number of hydrogen-bond acceptors (Lipinski definition) is 2. The molecule has 1 aromatic rings. The molecule has 3 heteroatoms. The Labute approximate surface area is 182 Å². The third-order valence-corrected chi connectivity index (χ3v) is 10.3. The number of benzene rings is 1. The molecule has 4 bridgehead atoms. The molecule has 0 aliphatic heterocycles. The van der Waals surface area contributed by atoms with Gasteiger partial charge in [0.05, 0.1) is 4.99 Å². The molecule has 2 unspecified atom stereocenters. The van der Waals surface area contributed by atoms with Crippen molar-refractivity contribution in [2.45, 2.75) is 83.1 Å². The Morgan fingerprint density at radius 2 is 1.62 bits per heavy atom. The molecule has 5 saturated carbocycles. The summed E-state index contributed by atoms with van der Waals surface area (Å²) in [5.74, 6) is 2.30. The van der Waals surface area contributed by atoms with E-state index in [9.17, 15) is 0 Å². The van der Waals surface area contributed by atoms with Gasteiger partial charge in [0.2, 0.25) is 0 Å². The third kappa shape index (κ3) is 3.19. The Bertz CT molecular complexity index is 744. The van der Waals surface area contributed by atoms with Gasteiger partial charge >= 0.3 is 0 Å². The lowest BCUT2D eigenvalue weighted by molar-refractivity contribution is -0.125. The maximum Gasteiger partial charge on any atom is 0.0818 e. The summed E-state index contributed by atoms with van der Waals surface area (Å²) in [4.78, 5) is 1.21. The van der Waals surface area contributed by atoms with Gasteiger partial charge < -0.3 is 11.1 Å². The molecule has 1 aromatic carbocycles. The molecule has 0 spiro atoms. The van der Waals surface area contributed by atoms with E-state index >= 15 is 0 Å². The first-order valence-corrected chi connectivity index (χ1v) is 12.3. The average Bonchev–Trinajstić information content (AvgIpc) is 2.73. The molecule has 5 aliphatic rings. The van der Waals surface area contributed by atoms with Crippen molar-refractivity contribution in [3.63, 3.8) is 0 Å². The number of nitrogens with two attached hydrogens (primary N) is 1. The largest absolute Gasteiger partial charge is 0.376 e. The van der Waals surface area contributed by atoms with E-state index < -0.39 is 0 Å². The summed E-state index contributed by atoms with van der Waals surface area (Å²) in [6, 6.07) is 12.0. The number of rotatable bonds is 4. The SMILES string of the molecule is CC1(C)C2CC3(C(=S)N[C@H]4CC[C@H](CN)CC4)CC1CC(c1ccccc1)(C2)C3. The van der Waals surface area contributed by atoms with Crippen LogP contribution in [-0.4, -0.2) is 17.6 Å². The molecule has 6 rings (SSSR count). The summed E-state index contributed by atoms with van der Waals surface area (Å²) >= 11 is 6.22. The quantitative estimate of drug-likeness (QED) is 0.635. The van der Waals surface area contributed by atoms with Crippen molar-refractivity contribution >= 4 is 17.2 Å². The van der Waals surface area contributed by atoms with Gasteiger partial charge in [0, 0.05) is 11.5 Å². The topological polar surface area (TPSA) is 38.0 Å². The molecule has 2 atom stereocenters. The first-order chi connectivity index (χ1) is 13.9. The molecule has 0 aromatic heterocycles. The van der Waals surface area contributed by atoms with Crippen LogP contribution < -0.4 is 11.1 Å². The van der Waals surface area contributed by atoms with Crippen molar-refractivity contribution < 1.29 is 0 Å². The Hall–Kier alpha value is -0.930. The summed E-state index contributed by atoms with van der Waals surface area (Å²) in [5, 5.41) is 3.91. The molecule has 158 valence electrons. The Morgan fingerprint density at radius 1 is 1.00 bits per heavy atom. The van der Waals surface area contributed by atoms with Gasteiger partial charge in [0.1, 0.15) is 0 Å². The molecule has 5 aliphatic carbocycles. The van der Waals surface area contributed by atoms with Gasteiger partial charge in [-0.2, -0.15) is 0 Å². The standard InChI is InChI=1S/C26H38N2S/c1-24(2)20-12-25(19-6-4-3-5-7-19)13-21(24)15-26(14-20,17-25)23(29)28-22-10-8-18(16-27)9-11-22/h3-7,18,20-22H,8-17,27H2,1-2H3,(H,28,29)/t18-,20?,21?,22-,25?,26?.